The Labute approximate surface area is 175 Å². The molecule has 146 valence electrons. The minimum Gasteiger partial charge on any atom is -0.362 e. The van der Waals surface area contributed by atoms with Crippen molar-refractivity contribution >= 4 is 58.0 Å². The summed E-state index contributed by atoms with van der Waals surface area (Å²) < 4.78 is 38.6. The number of hydrogen-bond acceptors (Lipinski definition) is 2. The molecular formula is C18H17Cl2F3N2S2. The van der Waals surface area contributed by atoms with E-state index in [4.69, 9.17) is 35.4 Å². The lowest BCUT2D eigenvalue weighted by Crippen LogP contribution is -2.29. The van der Waals surface area contributed by atoms with Crippen molar-refractivity contribution < 1.29 is 13.2 Å². The fourth-order valence-corrected chi connectivity index (χ4v) is 3.86. The van der Waals surface area contributed by atoms with Crippen LogP contribution >= 0.6 is 47.2 Å². The van der Waals surface area contributed by atoms with E-state index in [1.807, 2.05) is 24.3 Å². The highest BCUT2D eigenvalue weighted by atomic mass is 35.5. The van der Waals surface area contributed by atoms with Gasteiger partial charge >= 0.3 is 6.18 Å². The van der Waals surface area contributed by atoms with E-state index in [-0.39, 0.29) is 15.8 Å². The van der Waals surface area contributed by atoms with Crippen LogP contribution in [0.25, 0.3) is 0 Å². The summed E-state index contributed by atoms with van der Waals surface area (Å²) in [5.74, 6) is 1.73. The maximum Gasteiger partial charge on any atom is 0.417 e. The molecule has 2 aromatic carbocycles. The van der Waals surface area contributed by atoms with E-state index < -0.39 is 11.7 Å². The van der Waals surface area contributed by atoms with Gasteiger partial charge in [-0.1, -0.05) is 41.4 Å². The second kappa shape index (κ2) is 10.4. The van der Waals surface area contributed by atoms with Crippen molar-refractivity contribution in [2.75, 3.05) is 17.6 Å². The quantitative estimate of drug-likeness (QED) is 0.363. The third kappa shape index (κ3) is 7.41. The second-order valence-electron chi connectivity index (χ2n) is 5.57. The van der Waals surface area contributed by atoms with E-state index in [1.165, 1.54) is 12.1 Å². The first-order valence-corrected chi connectivity index (χ1v) is 10.3. The number of thiocarbonyl (C=S) groups is 1. The number of benzene rings is 2. The molecular weight excluding hydrogens is 436 g/mol. The van der Waals surface area contributed by atoms with E-state index in [9.17, 15) is 13.2 Å². The van der Waals surface area contributed by atoms with Gasteiger partial charge in [0, 0.05) is 23.0 Å². The van der Waals surface area contributed by atoms with Crippen LogP contribution in [0.2, 0.25) is 10.0 Å². The summed E-state index contributed by atoms with van der Waals surface area (Å²) in [7, 11) is 0. The first kappa shape index (κ1) is 22.1. The monoisotopic (exact) mass is 452 g/mol. The zero-order valence-electron chi connectivity index (χ0n) is 14.1. The molecule has 0 bridgehead atoms. The van der Waals surface area contributed by atoms with Crippen LogP contribution in [0.5, 0.6) is 0 Å². The Morgan fingerprint density at radius 1 is 1.07 bits per heavy atom. The summed E-state index contributed by atoms with van der Waals surface area (Å²) in [6.07, 6.45) is -3.66. The Hall–Kier alpha value is -1.15. The number of halogens is 5. The van der Waals surface area contributed by atoms with Crippen LogP contribution in [0.1, 0.15) is 17.5 Å². The Bertz CT molecular complexity index is 785. The van der Waals surface area contributed by atoms with Crippen LogP contribution < -0.4 is 10.6 Å². The van der Waals surface area contributed by atoms with Gasteiger partial charge in [-0.05, 0) is 54.2 Å². The number of rotatable bonds is 7. The molecule has 0 aliphatic carbocycles. The third-order valence-electron chi connectivity index (χ3n) is 3.50. The van der Waals surface area contributed by atoms with Crippen LogP contribution in [0.3, 0.4) is 0 Å². The van der Waals surface area contributed by atoms with Gasteiger partial charge < -0.3 is 10.6 Å². The molecule has 0 saturated heterocycles. The smallest absolute Gasteiger partial charge is 0.362 e. The van der Waals surface area contributed by atoms with Crippen LogP contribution in [0, 0.1) is 0 Å². The molecule has 0 heterocycles. The molecule has 0 unspecified atom stereocenters. The van der Waals surface area contributed by atoms with Gasteiger partial charge in [-0.25, -0.2) is 0 Å². The fourth-order valence-electron chi connectivity index (χ4n) is 2.17. The lowest BCUT2D eigenvalue weighted by atomic mass is 10.2. The van der Waals surface area contributed by atoms with Crippen LogP contribution in [-0.4, -0.2) is 17.4 Å². The van der Waals surface area contributed by atoms with E-state index >= 15 is 0 Å². The van der Waals surface area contributed by atoms with Crippen molar-refractivity contribution in [1.82, 2.24) is 5.32 Å². The van der Waals surface area contributed by atoms with Gasteiger partial charge in [0.15, 0.2) is 5.11 Å². The second-order valence-corrected chi connectivity index (χ2v) is 7.90. The molecule has 2 aromatic rings. The zero-order chi connectivity index (χ0) is 19.9. The van der Waals surface area contributed by atoms with Crippen molar-refractivity contribution in [1.29, 1.82) is 0 Å². The molecule has 9 heteroatoms. The first-order valence-electron chi connectivity index (χ1n) is 8.00. The molecule has 2 N–H and O–H groups in total. The molecule has 0 aromatic heterocycles. The predicted octanol–water partition coefficient (Wildman–Crippen LogP) is 6.62. The first-order chi connectivity index (χ1) is 12.8. The molecule has 0 saturated carbocycles. The van der Waals surface area contributed by atoms with Gasteiger partial charge in [-0.15, -0.1) is 0 Å². The van der Waals surface area contributed by atoms with E-state index in [0.29, 0.717) is 6.54 Å². The van der Waals surface area contributed by atoms with Gasteiger partial charge in [0.2, 0.25) is 0 Å². The molecule has 2 rings (SSSR count). The summed E-state index contributed by atoms with van der Waals surface area (Å²) in [4.78, 5) is 0. The molecule has 0 spiro atoms. The summed E-state index contributed by atoms with van der Waals surface area (Å²) in [5.41, 5.74) is 0.433. The molecule has 0 radical (unpaired) electrons. The zero-order valence-corrected chi connectivity index (χ0v) is 17.2. The number of thioether (sulfide) groups is 1. The van der Waals surface area contributed by atoms with Gasteiger partial charge in [-0.3, -0.25) is 0 Å². The highest BCUT2D eigenvalue weighted by Gasteiger charge is 2.33. The molecule has 0 atom stereocenters. The number of anilines is 1. The molecule has 0 aliphatic heterocycles. The van der Waals surface area contributed by atoms with E-state index in [1.54, 1.807) is 11.8 Å². The lowest BCUT2D eigenvalue weighted by molar-refractivity contribution is -0.137. The molecule has 0 fully saturated rings. The van der Waals surface area contributed by atoms with Crippen molar-refractivity contribution in [3.05, 3.63) is 63.6 Å². The molecule has 0 amide bonds. The lowest BCUT2D eigenvalue weighted by Gasteiger charge is -2.14. The highest BCUT2D eigenvalue weighted by Crippen LogP contribution is 2.36. The van der Waals surface area contributed by atoms with E-state index in [0.717, 1.165) is 34.6 Å². The standard InChI is InChI=1S/C18H17Cl2F3N2S2/c19-15-5-2-1-4-12(15)11-27-9-3-8-24-17(26)25-13-6-7-16(20)14(10-13)18(21,22)23/h1-2,4-7,10H,3,8-9,11H2,(H2,24,25,26). The summed E-state index contributed by atoms with van der Waals surface area (Å²) >= 11 is 18.6. The largest absolute Gasteiger partial charge is 0.417 e. The minimum atomic E-state index is -4.51. The molecule has 27 heavy (non-hydrogen) atoms. The van der Waals surface area contributed by atoms with E-state index in [2.05, 4.69) is 10.6 Å². The molecule has 0 aliphatic rings. The van der Waals surface area contributed by atoms with Gasteiger partial charge in [0.05, 0.1) is 10.6 Å². The van der Waals surface area contributed by atoms with Gasteiger partial charge in [0.1, 0.15) is 0 Å². The summed E-state index contributed by atoms with van der Waals surface area (Å²) in [5, 5.41) is 6.40. The number of alkyl halides is 3. The van der Waals surface area contributed by atoms with Crippen molar-refractivity contribution in [2.24, 2.45) is 0 Å². The summed E-state index contributed by atoms with van der Waals surface area (Å²) in [6, 6.07) is 11.3. The highest BCUT2D eigenvalue weighted by molar-refractivity contribution is 7.98. The normalized spacial score (nSPS) is 11.3. The average molecular weight is 453 g/mol. The topological polar surface area (TPSA) is 24.1 Å². The maximum atomic E-state index is 12.9. The summed E-state index contributed by atoms with van der Waals surface area (Å²) in [6.45, 7) is 0.612. The SMILES string of the molecule is FC(F)(F)c1cc(NC(=S)NCCCSCc2ccccc2Cl)ccc1Cl. The maximum absolute atomic E-state index is 12.9. The Kier molecular flexibility index (Phi) is 8.54. The fraction of sp³-hybridized carbons (Fsp3) is 0.278. The average Bonchev–Trinajstić information content (AvgIpc) is 2.60. The van der Waals surface area contributed by atoms with Gasteiger partial charge in [0.25, 0.3) is 0 Å². The van der Waals surface area contributed by atoms with Crippen molar-refractivity contribution in [3.8, 4) is 0 Å². The Morgan fingerprint density at radius 2 is 1.81 bits per heavy atom. The Morgan fingerprint density at radius 3 is 2.52 bits per heavy atom. The van der Waals surface area contributed by atoms with Crippen LogP contribution in [-0.2, 0) is 11.9 Å². The molecule has 2 nitrogen and oxygen atoms in total. The Balaban J connectivity index is 1.70. The number of hydrogen-bond donors (Lipinski definition) is 2. The minimum absolute atomic E-state index is 0.234. The van der Waals surface area contributed by atoms with Crippen molar-refractivity contribution in [3.63, 3.8) is 0 Å². The third-order valence-corrected chi connectivity index (χ3v) is 5.53. The van der Waals surface area contributed by atoms with Crippen LogP contribution in [0.15, 0.2) is 42.5 Å². The van der Waals surface area contributed by atoms with Crippen LogP contribution in [0.4, 0.5) is 18.9 Å². The predicted molar refractivity (Wildman–Crippen MR) is 113 cm³/mol. The number of nitrogens with one attached hydrogen (secondary N) is 2. The van der Waals surface area contributed by atoms with Gasteiger partial charge in [-0.2, -0.15) is 24.9 Å². The van der Waals surface area contributed by atoms with Crippen molar-refractivity contribution in [2.45, 2.75) is 18.3 Å².